The van der Waals surface area contributed by atoms with Gasteiger partial charge in [0.15, 0.2) is 0 Å². The Morgan fingerprint density at radius 3 is 2.60 bits per heavy atom. The van der Waals surface area contributed by atoms with Crippen molar-refractivity contribution in [3.63, 3.8) is 0 Å². The number of aromatic nitrogens is 2. The lowest BCUT2D eigenvalue weighted by molar-refractivity contribution is 0.492. The van der Waals surface area contributed by atoms with E-state index in [1.165, 1.54) is 0 Å². The SMILES string of the molecule is CCc1nnc(/C=C/c2ccccc2)o1. The Labute approximate surface area is 88.5 Å². The largest absolute Gasteiger partial charge is 0.421 e. The molecule has 0 aliphatic rings. The highest BCUT2D eigenvalue weighted by atomic mass is 16.4. The highest BCUT2D eigenvalue weighted by Crippen LogP contribution is 2.07. The lowest BCUT2D eigenvalue weighted by Crippen LogP contribution is -1.76. The molecule has 0 amide bonds. The van der Waals surface area contributed by atoms with E-state index in [1.807, 2.05) is 49.4 Å². The molecule has 15 heavy (non-hydrogen) atoms. The zero-order valence-corrected chi connectivity index (χ0v) is 8.55. The summed E-state index contributed by atoms with van der Waals surface area (Å²) in [5, 5.41) is 7.78. The first kappa shape index (κ1) is 9.65. The van der Waals surface area contributed by atoms with Gasteiger partial charge in [0.05, 0.1) is 0 Å². The van der Waals surface area contributed by atoms with Crippen LogP contribution in [-0.4, -0.2) is 10.2 Å². The van der Waals surface area contributed by atoms with Gasteiger partial charge >= 0.3 is 0 Å². The molecule has 76 valence electrons. The van der Waals surface area contributed by atoms with Gasteiger partial charge in [-0.25, -0.2) is 0 Å². The van der Waals surface area contributed by atoms with Gasteiger partial charge in [-0.1, -0.05) is 37.3 Å². The monoisotopic (exact) mass is 200 g/mol. The van der Waals surface area contributed by atoms with Crippen molar-refractivity contribution in [2.75, 3.05) is 0 Å². The van der Waals surface area contributed by atoms with Crippen LogP contribution in [0.5, 0.6) is 0 Å². The fraction of sp³-hybridized carbons (Fsp3) is 0.167. The van der Waals surface area contributed by atoms with Crippen LogP contribution < -0.4 is 0 Å². The van der Waals surface area contributed by atoms with Crippen molar-refractivity contribution in [2.45, 2.75) is 13.3 Å². The predicted octanol–water partition coefficient (Wildman–Crippen LogP) is 2.80. The van der Waals surface area contributed by atoms with Crippen LogP contribution >= 0.6 is 0 Å². The van der Waals surface area contributed by atoms with Crippen LogP contribution in [0.1, 0.15) is 24.3 Å². The smallest absolute Gasteiger partial charge is 0.240 e. The van der Waals surface area contributed by atoms with Crippen molar-refractivity contribution in [3.05, 3.63) is 47.7 Å². The minimum atomic E-state index is 0.552. The lowest BCUT2D eigenvalue weighted by atomic mass is 10.2. The van der Waals surface area contributed by atoms with E-state index < -0.39 is 0 Å². The summed E-state index contributed by atoms with van der Waals surface area (Å²) < 4.78 is 5.35. The van der Waals surface area contributed by atoms with Gasteiger partial charge in [0.2, 0.25) is 11.8 Å². The van der Waals surface area contributed by atoms with Gasteiger partial charge in [0.25, 0.3) is 0 Å². The molecule has 0 fully saturated rings. The number of rotatable bonds is 3. The van der Waals surface area contributed by atoms with E-state index in [0.717, 1.165) is 12.0 Å². The summed E-state index contributed by atoms with van der Waals surface area (Å²) in [6.45, 7) is 1.98. The van der Waals surface area contributed by atoms with Crippen LogP contribution in [-0.2, 0) is 6.42 Å². The molecule has 0 N–H and O–H groups in total. The summed E-state index contributed by atoms with van der Waals surface area (Å²) in [6, 6.07) is 10.0. The number of benzene rings is 1. The molecule has 0 saturated heterocycles. The standard InChI is InChI=1S/C12H12N2O/c1-2-11-13-14-12(15-11)9-8-10-6-4-3-5-7-10/h3-9H,2H2,1H3/b9-8+. The maximum Gasteiger partial charge on any atom is 0.240 e. The summed E-state index contributed by atoms with van der Waals surface area (Å²) in [5.74, 6) is 1.22. The summed E-state index contributed by atoms with van der Waals surface area (Å²) in [7, 11) is 0. The second kappa shape index (κ2) is 4.55. The molecule has 0 spiro atoms. The van der Waals surface area contributed by atoms with Crippen molar-refractivity contribution < 1.29 is 4.42 Å². The van der Waals surface area contributed by atoms with E-state index in [0.29, 0.717) is 11.8 Å². The van der Waals surface area contributed by atoms with E-state index in [4.69, 9.17) is 4.42 Å². The number of nitrogens with zero attached hydrogens (tertiary/aromatic N) is 2. The zero-order chi connectivity index (χ0) is 10.5. The molecule has 0 aliphatic carbocycles. The molecule has 0 bridgehead atoms. The fourth-order valence-corrected chi connectivity index (χ4v) is 1.21. The minimum Gasteiger partial charge on any atom is -0.421 e. The van der Waals surface area contributed by atoms with Crippen LogP contribution in [0.25, 0.3) is 12.2 Å². The number of aryl methyl sites for hydroxylation is 1. The van der Waals surface area contributed by atoms with Crippen LogP contribution in [0.4, 0.5) is 0 Å². The van der Waals surface area contributed by atoms with Crippen molar-refractivity contribution in [2.24, 2.45) is 0 Å². The highest BCUT2D eigenvalue weighted by molar-refractivity contribution is 5.65. The second-order valence-corrected chi connectivity index (χ2v) is 3.13. The Kier molecular flexibility index (Phi) is 2.93. The Balaban J connectivity index is 2.11. The van der Waals surface area contributed by atoms with E-state index in [-0.39, 0.29) is 0 Å². The summed E-state index contributed by atoms with van der Waals surface area (Å²) in [5.41, 5.74) is 1.12. The molecule has 1 aromatic heterocycles. The van der Waals surface area contributed by atoms with Crippen LogP contribution in [0.15, 0.2) is 34.7 Å². The second-order valence-electron chi connectivity index (χ2n) is 3.13. The van der Waals surface area contributed by atoms with E-state index >= 15 is 0 Å². The minimum absolute atomic E-state index is 0.552. The third-order valence-corrected chi connectivity index (χ3v) is 2.00. The van der Waals surface area contributed by atoms with E-state index in [9.17, 15) is 0 Å². The molecule has 0 unspecified atom stereocenters. The van der Waals surface area contributed by atoms with Crippen molar-refractivity contribution >= 4 is 12.2 Å². The molecule has 1 heterocycles. The van der Waals surface area contributed by atoms with Gasteiger partial charge in [-0.05, 0) is 11.6 Å². The number of hydrogen-bond donors (Lipinski definition) is 0. The molecule has 0 saturated carbocycles. The van der Waals surface area contributed by atoms with Gasteiger partial charge in [0.1, 0.15) is 0 Å². The Morgan fingerprint density at radius 2 is 1.93 bits per heavy atom. The topological polar surface area (TPSA) is 38.9 Å². The first-order valence-electron chi connectivity index (χ1n) is 4.94. The number of hydrogen-bond acceptors (Lipinski definition) is 3. The predicted molar refractivity (Wildman–Crippen MR) is 59.0 cm³/mol. The summed E-state index contributed by atoms with van der Waals surface area (Å²) in [4.78, 5) is 0. The first-order chi connectivity index (χ1) is 7.38. The normalized spacial score (nSPS) is 11.0. The molecule has 0 aliphatic heterocycles. The molecular formula is C12H12N2O. The van der Waals surface area contributed by atoms with Crippen molar-refractivity contribution in [3.8, 4) is 0 Å². The molecular weight excluding hydrogens is 188 g/mol. The molecule has 2 aromatic rings. The summed E-state index contributed by atoms with van der Waals surface area (Å²) in [6.07, 6.45) is 4.54. The van der Waals surface area contributed by atoms with E-state index in [1.54, 1.807) is 0 Å². The Bertz CT molecular complexity index is 446. The maximum atomic E-state index is 5.35. The van der Waals surface area contributed by atoms with Gasteiger partial charge in [-0.15, -0.1) is 10.2 Å². The van der Waals surface area contributed by atoms with Crippen LogP contribution in [0.3, 0.4) is 0 Å². The molecule has 0 atom stereocenters. The van der Waals surface area contributed by atoms with Crippen LogP contribution in [0.2, 0.25) is 0 Å². The zero-order valence-electron chi connectivity index (χ0n) is 8.55. The molecule has 2 rings (SSSR count). The van der Waals surface area contributed by atoms with Gasteiger partial charge in [-0.3, -0.25) is 0 Å². The quantitative estimate of drug-likeness (QED) is 0.764. The third-order valence-electron chi connectivity index (χ3n) is 2.00. The molecule has 1 aromatic carbocycles. The van der Waals surface area contributed by atoms with Crippen LogP contribution in [0, 0.1) is 0 Å². The molecule has 0 radical (unpaired) electrons. The van der Waals surface area contributed by atoms with Gasteiger partial charge in [-0.2, -0.15) is 0 Å². The fourth-order valence-electron chi connectivity index (χ4n) is 1.21. The Hall–Kier alpha value is -1.90. The van der Waals surface area contributed by atoms with Crippen molar-refractivity contribution in [1.82, 2.24) is 10.2 Å². The first-order valence-corrected chi connectivity index (χ1v) is 4.94. The van der Waals surface area contributed by atoms with E-state index in [2.05, 4.69) is 10.2 Å². The highest BCUT2D eigenvalue weighted by Gasteiger charge is 1.98. The van der Waals surface area contributed by atoms with Gasteiger partial charge in [0, 0.05) is 12.5 Å². The lowest BCUT2D eigenvalue weighted by Gasteiger charge is -1.88. The third kappa shape index (κ3) is 2.53. The summed E-state index contributed by atoms with van der Waals surface area (Å²) >= 11 is 0. The average Bonchev–Trinajstić information content (AvgIpc) is 2.76. The average molecular weight is 200 g/mol. The molecule has 3 nitrogen and oxygen atoms in total. The van der Waals surface area contributed by atoms with Crippen molar-refractivity contribution in [1.29, 1.82) is 0 Å². The maximum absolute atomic E-state index is 5.35. The van der Waals surface area contributed by atoms with Gasteiger partial charge < -0.3 is 4.42 Å². The Morgan fingerprint density at radius 1 is 1.13 bits per heavy atom. The molecule has 3 heteroatoms.